The van der Waals surface area contributed by atoms with Crippen molar-refractivity contribution in [2.75, 3.05) is 0 Å². The summed E-state index contributed by atoms with van der Waals surface area (Å²) >= 11 is 3.31. The minimum atomic E-state index is 0. The van der Waals surface area contributed by atoms with Crippen LogP contribution >= 0.6 is 22.7 Å². The lowest BCUT2D eigenvalue weighted by molar-refractivity contribution is 0.488. The van der Waals surface area contributed by atoms with Crippen molar-refractivity contribution in [1.29, 1.82) is 0 Å². The van der Waals surface area contributed by atoms with Gasteiger partial charge in [0.25, 0.3) is 0 Å². The lowest BCUT2D eigenvalue weighted by Crippen LogP contribution is -1.73. The van der Waals surface area contributed by atoms with Gasteiger partial charge in [0.15, 0.2) is 0 Å². The van der Waals surface area contributed by atoms with Crippen LogP contribution in [0.15, 0.2) is 207 Å². The Bertz CT molecular complexity index is 1920. The lowest BCUT2D eigenvalue weighted by Gasteiger charge is -1.92. The molecule has 6 heterocycles. The minimum Gasteiger partial charge on any atom is -0.426 e. The maximum Gasteiger partial charge on any atom is 0.213 e. The van der Waals surface area contributed by atoms with Crippen LogP contribution in [0.3, 0.4) is 0 Å². The molecule has 0 atom stereocenters. The molecular weight excluding hydrogens is 1110 g/mol. The number of rotatable bonds is 0. The van der Waals surface area contributed by atoms with Gasteiger partial charge in [0.05, 0.1) is 11.0 Å². The molecule has 0 fully saturated rings. The fourth-order valence-electron chi connectivity index (χ4n) is 4.04. The quantitative estimate of drug-likeness (QED) is 0.146. The van der Waals surface area contributed by atoms with Crippen LogP contribution in [0.2, 0.25) is 0 Å². The molecule has 0 saturated heterocycles. The van der Waals surface area contributed by atoms with Crippen LogP contribution in [0.5, 0.6) is 0 Å². The van der Waals surface area contributed by atoms with Gasteiger partial charge in [0.2, 0.25) is 23.6 Å². The summed E-state index contributed by atoms with van der Waals surface area (Å²) in [6, 6.07) is 50.6. The Morgan fingerprint density at radius 1 is 0.253 bits per heavy atom. The van der Waals surface area contributed by atoms with Gasteiger partial charge in [-0.1, -0.05) is 346 Å². The smallest absolute Gasteiger partial charge is 0.213 e. The molecule has 87 heavy (non-hydrogen) atoms. The Balaban J connectivity index is -0.0000000407. The molecule has 0 aliphatic heterocycles. The number of pyridine rings is 2. The van der Waals surface area contributed by atoms with Crippen molar-refractivity contribution in [2.24, 2.45) is 0 Å². The standard InChI is InChI=1S/C10H8.C9H7N.C6H6.C5H5N.2C4H6N2O.C4H4S.C3H3NS.12C2H6.7CH4/c1-2-6-10-8-4-3-7-9(10)5-1;1-2-6-9-8(4-1)5-3-7-10-9;2*1-2-4-6-5-3-1;2*1-3-5-6-4(2)7-3;1-2-4-5-3-1;1-2-5-3-4-1;12*1-2;;;;;;;/h1-8H;1-7H;1-6H;1-5H;2*1-2H3;1-4H;1-3H;12*1-2H3;7*1H4. The van der Waals surface area contributed by atoms with Gasteiger partial charge in [-0.05, 0) is 45.8 Å². The van der Waals surface area contributed by atoms with Gasteiger partial charge in [0.1, 0.15) is 0 Å². The fraction of sp³-hybridized carbons (Fsp3) is 0.461. The van der Waals surface area contributed by atoms with E-state index < -0.39 is 0 Å². The third-order valence-corrected chi connectivity index (χ3v) is 7.58. The van der Waals surface area contributed by atoms with Crippen LogP contribution in [0.1, 0.15) is 242 Å². The summed E-state index contributed by atoms with van der Waals surface area (Å²) in [4.78, 5) is 11.7. The molecular formula is C76H145N7O2S2. The number of para-hydroxylation sites is 1. The number of benzene rings is 4. The number of aryl methyl sites for hydroxylation is 4. The molecule has 0 bridgehead atoms. The average molecular weight is 1250 g/mol. The van der Waals surface area contributed by atoms with Gasteiger partial charge < -0.3 is 8.83 Å². The summed E-state index contributed by atoms with van der Waals surface area (Å²) in [5.74, 6) is 2.49. The third-order valence-electron chi connectivity index (χ3n) is 6.43. The molecule has 508 valence electrons. The SMILES string of the molecule is C.C.C.C.C.C.C.CC.CC.CC.CC.CC.CC.CC.CC.CC.CC.CC.CC.Cc1nnc(C)o1.Cc1nnc(C)o1.c1ccc2ccccc2c1.c1ccc2ncccc2c1.c1ccccc1.c1ccncc1.c1ccsc1.c1cscn1. The van der Waals surface area contributed by atoms with E-state index >= 15 is 0 Å². The predicted octanol–water partition coefficient (Wildman–Crippen LogP) is 28.9. The Kier molecular flexibility index (Phi) is 187. The van der Waals surface area contributed by atoms with Crippen LogP contribution < -0.4 is 0 Å². The Labute approximate surface area is 552 Å². The molecule has 0 radical (unpaired) electrons. The van der Waals surface area contributed by atoms with E-state index in [-0.39, 0.29) is 52.0 Å². The molecule has 0 saturated carbocycles. The summed E-state index contributed by atoms with van der Waals surface area (Å²) in [5.41, 5.74) is 2.85. The van der Waals surface area contributed by atoms with E-state index in [0.717, 1.165) is 5.52 Å². The normalized spacial score (nSPS) is 6.67. The summed E-state index contributed by atoms with van der Waals surface area (Å²) < 4.78 is 9.72. The van der Waals surface area contributed by atoms with Crippen molar-refractivity contribution < 1.29 is 8.83 Å². The second kappa shape index (κ2) is 129. The Morgan fingerprint density at radius 2 is 0.529 bits per heavy atom. The zero-order valence-corrected chi connectivity index (χ0v) is 57.4. The highest BCUT2D eigenvalue weighted by Crippen LogP contribution is 2.11. The zero-order chi connectivity index (χ0) is 63.7. The van der Waals surface area contributed by atoms with Crippen LogP contribution in [0, 0.1) is 27.7 Å². The number of fused-ring (bicyclic) bond motifs is 2. The van der Waals surface area contributed by atoms with E-state index in [4.69, 9.17) is 8.83 Å². The summed E-state index contributed by atoms with van der Waals surface area (Å²) in [6.07, 6.45) is 7.08. The highest BCUT2D eigenvalue weighted by molar-refractivity contribution is 7.07. The molecule has 4 aromatic carbocycles. The maximum absolute atomic E-state index is 4.86. The minimum absolute atomic E-state index is 0. The molecule has 0 N–H and O–H groups in total. The second-order valence-corrected chi connectivity index (χ2v) is 12.4. The molecule has 11 heteroatoms. The van der Waals surface area contributed by atoms with E-state index in [1.807, 2.05) is 280 Å². The molecule has 9 nitrogen and oxygen atoms in total. The number of thiazole rings is 1. The number of hydrogen-bond donors (Lipinski definition) is 0. The first kappa shape index (κ1) is 126. The maximum atomic E-state index is 4.86. The zero-order valence-electron chi connectivity index (χ0n) is 55.8. The van der Waals surface area contributed by atoms with Crippen molar-refractivity contribution in [3.8, 4) is 0 Å². The Morgan fingerprint density at radius 3 is 0.713 bits per heavy atom. The summed E-state index contributed by atoms with van der Waals surface area (Å²) in [7, 11) is 0. The van der Waals surface area contributed by atoms with E-state index in [0.29, 0.717) is 23.6 Å². The van der Waals surface area contributed by atoms with E-state index in [1.165, 1.54) is 16.2 Å². The van der Waals surface area contributed by atoms with Gasteiger partial charge in [-0.2, -0.15) is 11.3 Å². The topological polar surface area (TPSA) is 117 Å². The first-order valence-electron chi connectivity index (χ1n) is 29.4. The van der Waals surface area contributed by atoms with E-state index in [1.54, 1.807) is 74.5 Å². The van der Waals surface area contributed by atoms with Gasteiger partial charge in [0, 0.05) is 63.2 Å². The van der Waals surface area contributed by atoms with Crippen molar-refractivity contribution >= 4 is 44.3 Å². The van der Waals surface area contributed by atoms with Crippen molar-refractivity contribution in [2.45, 2.75) is 246 Å². The van der Waals surface area contributed by atoms with Crippen LogP contribution in [0.4, 0.5) is 0 Å². The summed E-state index contributed by atoms with van der Waals surface area (Å²) in [6.45, 7) is 55.1. The first-order chi connectivity index (χ1) is 39.5. The average Bonchev–Trinajstić information content (AvgIpc) is 4.48. The molecule has 6 aromatic heterocycles. The number of hydrogen-bond acceptors (Lipinski definition) is 11. The van der Waals surface area contributed by atoms with Crippen LogP contribution in [-0.2, 0) is 0 Å². The highest BCUT2D eigenvalue weighted by Gasteiger charge is 1.91. The number of nitrogens with zero attached hydrogens (tertiary/aromatic N) is 7. The molecule has 0 aliphatic rings. The first-order valence-corrected chi connectivity index (χ1v) is 31.3. The number of aromatic nitrogens is 7. The fourth-order valence-corrected chi connectivity index (χ4v) is 4.84. The van der Waals surface area contributed by atoms with Crippen molar-refractivity contribution in [3.05, 3.63) is 222 Å². The van der Waals surface area contributed by atoms with Gasteiger partial charge in [-0.25, -0.2) is 0 Å². The van der Waals surface area contributed by atoms with E-state index in [9.17, 15) is 0 Å². The van der Waals surface area contributed by atoms with Gasteiger partial charge in [-0.3, -0.25) is 15.0 Å². The molecule has 0 aliphatic carbocycles. The Hall–Kier alpha value is -6.69. The molecule has 10 rings (SSSR count). The highest BCUT2D eigenvalue weighted by atomic mass is 32.1. The largest absolute Gasteiger partial charge is 0.426 e. The number of thiophene rings is 1. The molecule has 0 amide bonds. The monoisotopic (exact) mass is 1250 g/mol. The van der Waals surface area contributed by atoms with Crippen molar-refractivity contribution in [1.82, 2.24) is 35.3 Å². The molecule has 0 spiro atoms. The summed E-state index contributed by atoms with van der Waals surface area (Å²) in [5, 5.41) is 24.2. The lowest BCUT2D eigenvalue weighted by atomic mass is 10.1. The van der Waals surface area contributed by atoms with Gasteiger partial charge in [-0.15, -0.1) is 31.7 Å². The van der Waals surface area contributed by atoms with Crippen molar-refractivity contribution in [3.63, 3.8) is 0 Å². The molecule has 0 unspecified atom stereocenters. The second-order valence-electron chi connectivity index (χ2n) is 10.9. The predicted molar refractivity (Wildman–Crippen MR) is 414 cm³/mol. The van der Waals surface area contributed by atoms with Crippen LogP contribution in [0.25, 0.3) is 21.7 Å². The third kappa shape index (κ3) is 98.7. The van der Waals surface area contributed by atoms with E-state index in [2.05, 4.69) is 96.0 Å². The van der Waals surface area contributed by atoms with Gasteiger partial charge >= 0.3 is 0 Å². The van der Waals surface area contributed by atoms with Crippen LogP contribution in [-0.4, -0.2) is 35.3 Å². The molecule has 10 aromatic rings.